The van der Waals surface area contributed by atoms with Crippen molar-refractivity contribution in [3.63, 3.8) is 0 Å². The van der Waals surface area contributed by atoms with Crippen LogP contribution in [-0.4, -0.2) is 37.0 Å². The van der Waals surface area contributed by atoms with E-state index in [9.17, 15) is 4.79 Å². The summed E-state index contributed by atoms with van der Waals surface area (Å²) in [5, 5.41) is 10.1. The van der Waals surface area contributed by atoms with Gasteiger partial charge < -0.3 is 9.80 Å². The predicted molar refractivity (Wildman–Crippen MR) is 109 cm³/mol. The first-order valence-corrected chi connectivity index (χ1v) is 9.79. The second kappa shape index (κ2) is 9.12. The number of nitriles is 1. The zero-order valence-electron chi connectivity index (χ0n) is 15.0. The van der Waals surface area contributed by atoms with Crippen molar-refractivity contribution in [2.45, 2.75) is 19.3 Å². The third kappa shape index (κ3) is 5.15. The van der Waals surface area contributed by atoms with Gasteiger partial charge in [-0.05, 0) is 54.8 Å². The van der Waals surface area contributed by atoms with Gasteiger partial charge >= 0.3 is 0 Å². The molecule has 0 aliphatic carbocycles. The summed E-state index contributed by atoms with van der Waals surface area (Å²) in [6, 6.07) is 15.1. The average molecular weight is 402 g/mol. The molecular formula is C21H21Cl2N3O. The number of amides is 1. The van der Waals surface area contributed by atoms with Gasteiger partial charge in [0.25, 0.3) is 0 Å². The smallest absolute Gasteiger partial charge is 0.222 e. The number of aryl methyl sites for hydroxylation is 1. The minimum atomic E-state index is 0.155. The Bertz CT molecular complexity index is 845. The third-order valence-electron chi connectivity index (χ3n) is 4.83. The van der Waals surface area contributed by atoms with Crippen molar-refractivity contribution >= 4 is 34.8 Å². The monoisotopic (exact) mass is 401 g/mol. The van der Waals surface area contributed by atoms with E-state index in [1.165, 1.54) is 0 Å². The number of carbonyl (C=O) groups excluding carboxylic acids is 1. The molecule has 0 unspecified atom stereocenters. The second-order valence-electron chi connectivity index (χ2n) is 6.62. The zero-order valence-corrected chi connectivity index (χ0v) is 16.5. The normalized spacial score (nSPS) is 14.6. The minimum absolute atomic E-state index is 0.155. The van der Waals surface area contributed by atoms with E-state index in [1.807, 2.05) is 35.2 Å². The summed E-state index contributed by atoms with van der Waals surface area (Å²) < 4.78 is 0. The highest BCUT2D eigenvalue weighted by Gasteiger charge is 2.19. The Hall–Kier alpha value is -2.22. The highest BCUT2D eigenvalue weighted by atomic mass is 35.5. The topological polar surface area (TPSA) is 47.3 Å². The molecule has 2 aromatic rings. The zero-order chi connectivity index (χ0) is 19.2. The fourth-order valence-electron chi connectivity index (χ4n) is 3.30. The van der Waals surface area contributed by atoms with Crippen LogP contribution < -0.4 is 4.90 Å². The van der Waals surface area contributed by atoms with Crippen LogP contribution >= 0.6 is 23.2 Å². The van der Waals surface area contributed by atoms with Crippen LogP contribution in [0.4, 0.5) is 5.69 Å². The van der Waals surface area contributed by atoms with Gasteiger partial charge in [0.15, 0.2) is 0 Å². The molecule has 0 radical (unpaired) electrons. The molecule has 1 aliphatic heterocycles. The van der Waals surface area contributed by atoms with E-state index in [-0.39, 0.29) is 5.91 Å². The highest BCUT2D eigenvalue weighted by Crippen LogP contribution is 2.23. The first-order valence-electron chi connectivity index (χ1n) is 9.03. The van der Waals surface area contributed by atoms with Crippen molar-refractivity contribution in [2.75, 3.05) is 31.1 Å². The van der Waals surface area contributed by atoms with Gasteiger partial charge in [-0.3, -0.25) is 4.79 Å². The summed E-state index contributed by atoms with van der Waals surface area (Å²) in [5.41, 5.74) is 2.70. The molecule has 0 spiro atoms. The summed E-state index contributed by atoms with van der Waals surface area (Å²) >= 11 is 12.1. The number of anilines is 1. The van der Waals surface area contributed by atoms with E-state index in [0.717, 1.165) is 37.3 Å². The lowest BCUT2D eigenvalue weighted by Gasteiger charge is -2.24. The van der Waals surface area contributed by atoms with E-state index in [4.69, 9.17) is 28.5 Å². The van der Waals surface area contributed by atoms with Crippen molar-refractivity contribution in [3.8, 4) is 6.07 Å². The Morgan fingerprint density at radius 1 is 1.04 bits per heavy atom. The van der Waals surface area contributed by atoms with Crippen LogP contribution in [0, 0.1) is 11.3 Å². The number of hydrogen-bond acceptors (Lipinski definition) is 3. The van der Waals surface area contributed by atoms with E-state index < -0.39 is 0 Å². The average Bonchev–Trinajstić information content (AvgIpc) is 2.93. The summed E-state index contributed by atoms with van der Waals surface area (Å²) in [5.74, 6) is 0.155. The molecule has 0 N–H and O–H groups in total. The molecule has 4 nitrogen and oxygen atoms in total. The fourth-order valence-corrected chi connectivity index (χ4v) is 3.80. The molecular weight excluding hydrogens is 381 g/mol. The second-order valence-corrected chi connectivity index (χ2v) is 7.46. The first kappa shape index (κ1) is 19.5. The van der Waals surface area contributed by atoms with Crippen molar-refractivity contribution in [1.82, 2.24) is 4.90 Å². The summed E-state index contributed by atoms with van der Waals surface area (Å²) in [6.07, 6.45) is 1.98. The van der Waals surface area contributed by atoms with Crippen molar-refractivity contribution in [3.05, 3.63) is 63.6 Å². The largest absolute Gasteiger partial charge is 0.370 e. The summed E-state index contributed by atoms with van der Waals surface area (Å²) in [6.45, 7) is 3.16. The number of benzene rings is 2. The maximum Gasteiger partial charge on any atom is 0.222 e. The molecule has 1 amide bonds. The number of hydrogen-bond donors (Lipinski definition) is 0. The molecule has 0 aromatic heterocycles. The number of carbonyl (C=O) groups is 1. The Morgan fingerprint density at radius 2 is 1.81 bits per heavy atom. The molecule has 0 bridgehead atoms. The molecule has 0 saturated carbocycles. The highest BCUT2D eigenvalue weighted by molar-refractivity contribution is 6.35. The lowest BCUT2D eigenvalue weighted by atomic mass is 10.1. The van der Waals surface area contributed by atoms with Crippen LogP contribution in [0.2, 0.25) is 10.0 Å². The Morgan fingerprint density at radius 3 is 2.52 bits per heavy atom. The molecule has 1 fully saturated rings. The van der Waals surface area contributed by atoms with Crippen LogP contribution in [0.1, 0.15) is 24.0 Å². The number of rotatable bonds is 4. The maximum atomic E-state index is 12.6. The molecule has 1 heterocycles. The molecule has 2 aromatic carbocycles. The van der Waals surface area contributed by atoms with Crippen molar-refractivity contribution in [1.29, 1.82) is 5.26 Å². The minimum Gasteiger partial charge on any atom is -0.370 e. The predicted octanol–water partition coefficient (Wildman–Crippen LogP) is 4.54. The third-order valence-corrected chi connectivity index (χ3v) is 5.42. The fraction of sp³-hybridized carbons (Fsp3) is 0.333. The van der Waals surface area contributed by atoms with Crippen LogP contribution in [-0.2, 0) is 11.2 Å². The van der Waals surface area contributed by atoms with Crippen molar-refractivity contribution < 1.29 is 4.79 Å². The van der Waals surface area contributed by atoms with Crippen LogP contribution in [0.25, 0.3) is 0 Å². The molecule has 6 heteroatoms. The lowest BCUT2D eigenvalue weighted by Crippen LogP contribution is -2.35. The SMILES string of the molecule is N#Cc1ccc(N2CCCN(C(=O)CCc3ccc(Cl)cc3Cl)CC2)cc1. The Labute approximate surface area is 169 Å². The molecule has 27 heavy (non-hydrogen) atoms. The van der Waals surface area contributed by atoms with Gasteiger partial charge in [0.2, 0.25) is 5.91 Å². The standard InChI is InChI=1S/C21H21Cl2N3O/c22-18-6-4-17(20(23)14-18)5-9-21(27)26-11-1-10-25(12-13-26)19-7-2-16(15-24)3-8-19/h2-4,6-8,14H,1,5,9-13H2. The number of nitrogens with zero attached hydrogens (tertiary/aromatic N) is 3. The van der Waals surface area contributed by atoms with Gasteiger partial charge in [-0.15, -0.1) is 0 Å². The van der Waals surface area contributed by atoms with Gasteiger partial charge in [0.05, 0.1) is 11.6 Å². The van der Waals surface area contributed by atoms with Crippen LogP contribution in [0.3, 0.4) is 0 Å². The van der Waals surface area contributed by atoms with Crippen LogP contribution in [0.15, 0.2) is 42.5 Å². The first-order chi connectivity index (χ1) is 13.1. The Balaban J connectivity index is 1.55. The van der Waals surface area contributed by atoms with Crippen LogP contribution in [0.5, 0.6) is 0 Å². The van der Waals surface area contributed by atoms with E-state index in [1.54, 1.807) is 12.1 Å². The van der Waals surface area contributed by atoms with Gasteiger partial charge in [0.1, 0.15) is 0 Å². The van der Waals surface area contributed by atoms with Gasteiger partial charge in [-0.1, -0.05) is 29.3 Å². The van der Waals surface area contributed by atoms with E-state index >= 15 is 0 Å². The number of halogens is 2. The van der Waals surface area contributed by atoms with E-state index in [2.05, 4.69) is 11.0 Å². The molecule has 0 atom stereocenters. The van der Waals surface area contributed by atoms with Gasteiger partial charge in [0, 0.05) is 48.3 Å². The molecule has 1 saturated heterocycles. The lowest BCUT2D eigenvalue weighted by molar-refractivity contribution is -0.130. The molecule has 140 valence electrons. The van der Waals surface area contributed by atoms with Gasteiger partial charge in [-0.25, -0.2) is 0 Å². The maximum absolute atomic E-state index is 12.6. The Kier molecular flexibility index (Phi) is 6.60. The summed E-state index contributed by atoms with van der Waals surface area (Å²) in [7, 11) is 0. The van der Waals surface area contributed by atoms with Crippen molar-refractivity contribution in [2.24, 2.45) is 0 Å². The molecule has 3 rings (SSSR count). The quantitative estimate of drug-likeness (QED) is 0.755. The molecule has 1 aliphatic rings. The van der Waals surface area contributed by atoms with E-state index in [0.29, 0.717) is 35.0 Å². The van der Waals surface area contributed by atoms with Gasteiger partial charge in [-0.2, -0.15) is 5.26 Å². The summed E-state index contributed by atoms with van der Waals surface area (Å²) in [4.78, 5) is 16.8.